The Morgan fingerprint density at radius 1 is 1.45 bits per heavy atom. The molecular formula is C16H28N2O2. The number of hydrogen-bond donors (Lipinski definition) is 2. The molecule has 0 radical (unpaired) electrons. The van der Waals surface area contributed by atoms with Gasteiger partial charge in [-0.3, -0.25) is 0 Å². The second-order valence-electron chi connectivity index (χ2n) is 6.43. The number of nitrogens with zero attached hydrogens (tertiary/aromatic N) is 1. The maximum Gasteiger partial charge on any atom is 0.188 e. The van der Waals surface area contributed by atoms with E-state index in [0.717, 1.165) is 12.5 Å². The molecule has 1 aliphatic heterocycles. The average molecular weight is 280 g/mol. The molecule has 2 unspecified atom stereocenters. The molecule has 4 heteroatoms. The predicted octanol–water partition coefficient (Wildman–Crippen LogP) is 2.62. The highest BCUT2D eigenvalue weighted by Gasteiger charge is 2.34. The topological polar surface area (TPSA) is 67.8 Å². The molecule has 4 nitrogen and oxygen atoms in total. The van der Waals surface area contributed by atoms with Crippen molar-refractivity contribution in [3.8, 4) is 0 Å². The van der Waals surface area contributed by atoms with Crippen LogP contribution in [0.2, 0.25) is 0 Å². The van der Waals surface area contributed by atoms with Crippen LogP contribution in [0.15, 0.2) is 17.3 Å². The lowest BCUT2D eigenvalue weighted by molar-refractivity contribution is 0.0622. The van der Waals surface area contributed by atoms with Crippen LogP contribution in [0.4, 0.5) is 0 Å². The molecule has 20 heavy (non-hydrogen) atoms. The average Bonchev–Trinajstić information content (AvgIpc) is 2.47. The van der Waals surface area contributed by atoms with Crippen LogP contribution in [-0.4, -0.2) is 30.3 Å². The molecule has 0 saturated heterocycles. The Morgan fingerprint density at radius 3 is 2.90 bits per heavy atom. The van der Waals surface area contributed by atoms with E-state index in [9.17, 15) is 5.11 Å². The fourth-order valence-corrected chi connectivity index (χ4v) is 3.09. The molecule has 1 aliphatic carbocycles. The normalized spacial score (nSPS) is 29.1. The molecule has 2 aliphatic rings. The molecule has 0 aromatic carbocycles. The highest BCUT2D eigenvalue weighted by atomic mass is 16.5. The van der Waals surface area contributed by atoms with Crippen LogP contribution in [0.5, 0.6) is 0 Å². The van der Waals surface area contributed by atoms with Gasteiger partial charge in [0.2, 0.25) is 0 Å². The van der Waals surface area contributed by atoms with E-state index in [4.69, 9.17) is 10.5 Å². The Morgan fingerprint density at radius 2 is 2.20 bits per heavy atom. The zero-order chi connectivity index (χ0) is 14.4. The van der Waals surface area contributed by atoms with Crippen LogP contribution in [0.1, 0.15) is 51.9 Å². The SMILES string of the molecule is CC1(C(O)CCN)C=CN=C(OCC2CCCCC2)C1. The van der Waals surface area contributed by atoms with E-state index in [-0.39, 0.29) is 5.41 Å². The van der Waals surface area contributed by atoms with Gasteiger partial charge in [-0.25, -0.2) is 4.99 Å². The van der Waals surface area contributed by atoms with Crippen LogP contribution in [0.3, 0.4) is 0 Å². The number of aliphatic hydroxyl groups is 1. The molecule has 0 aromatic rings. The van der Waals surface area contributed by atoms with Crippen LogP contribution in [-0.2, 0) is 4.74 Å². The van der Waals surface area contributed by atoms with Gasteiger partial charge in [0.05, 0.1) is 12.7 Å². The molecule has 114 valence electrons. The minimum absolute atomic E-state index is 0.303. The summed E-state index contributed by atoms with van der Waals surface area (Å²) in [6.45, 7) is 3.32. The molecular weight excluding hydrogens is 252 g/mol. The molecule has 0 spiro atoms. The van der Waals surface area contributed by atoms with Crippen LogP contribution >= 0.6 is 0 Å². The molecule has 1 saturated carbocycles. The Kier molecular flexibility index (Phi) is 5.61. The van der Waals surface area contributed by atoms with Crippen molar-refractivity contribution < 1.29 is 9.84 Å². The van der Waals surface area contributed by atoms with Crippen molar-refractivity contribution in [1.29, 1.82) is 0 Å². The second kappa shape index (κ2) is 7.23. The van der Waals surface area contributed by atoms with Crippen LogP contribution in [0, 0.1) is 11.3 Å². The first-order chi connectivity index (χ1) is 9.64. The monoisotopic (exact) mass is 280 g/mol. The lowest BCUT2D eigenvalue weighted by Crippen LogP contribution is -2.36. The van der Waals surface area contributed by atoms with Crippen molar-refractivity contribution in [1.82, 2.24) is 0 Å². The summed E-state index contributed by atoms with van der Waals surface area (Å²) in [5.74, 6) is 1.44. The minimum Gasteiger partial charge on any atom is -0.480 e. The lowest BCUT2D eigenvalue weighted by atomic mass is 9.78. The summed E-state index contributed by atoms with van der Waals surface area (Å²) in [7, 11) is 0. The number of hydrogen-bond acceptors (Lipinski definition) is 4. The molecule has 2 rings (SSSR count). The quantitative estimate of drug-likeness (QED) is 0.813. The number of aliphatic imine (C=N–C) groups is 1. The highest BCUT2D eigenvalue weighted by molar-refractivity contribution is 5.78. The molecule has 1 heterocycles. The fraction of sp³-hybridized carbons (Fsp3) is 0.812. The number of rotatable bonds is 5. The number of ether oxygens (including phenoxy) is 1. The van der Waals surface area contributed by atoms with Gasteiger partial charge >= 0.3 is 0 Å². The predicted molar refractivity (Wildman–Crippen MR) is 81.5 cm³/mol. The summed E-state index contributed by atoms with van der Waals surface area (Å²) in [6, 6.07) is 0. The number of nitrogens with two attached hydrogens (primary N) is 1. The first-order valence-corrected chi connectivity index (χ1v) is 7.89. The van der Waals surface area contributed by atoms with Crippen LogP contribution < -0.4 is 5.73 Å². The second-order valence-corrected chi connectivity index (χ2v) is 6.43. The molecule has 0 amide bonds. The zero-order valence-corrected chi connectivity index (χ0v) is 12.6. The van der Waals surface area contributed by atoms with Crippen molar-refractivity contribution in [2.75, 3.05) is 13.2 Å². The van der Waals surface area contributed by atoms with Gasteiger partial charge in [-0.15, -0.1) is 0 Å². The van der Waals surface area contributed by atoms with Crippen molar-refractivity contribution >= 4 is 5.90 Å². The van der Waals surface area contributed by atoms with E-state index >= 15 is 0 Å². The van der Waals surface area contributed by atoms with Gasteiger partial charge in [-0.1, -0.05) is 32.3 Å². The summed E-state index contributed by atoms with van der Waals surface area (Å²) < 4.78 is 5.90. The minimum atomic E-state index is -0.437. The molecule has 0 bridgehead atoms. The zero-order valence-electron chi connectivity index (χ0n) is 12.6. The third-order valence-corrected chi connectivity index (χ3v) is 4.62. The van der Waals surface area contributed by atoms with Crippen LogP contribution in [0.25, 0.3) is 0 Å². The molecule has 1 fully saturated rings. The Labute approximate surface area is 122 Å². The maximum atomic E-state index is 10.2. The van der Waals surface area contributed by atoms with Crippen molar-refractivity contribution in [2.45, 2.75) is 58.0 Å². The molecule has 2 atom stereocenters. The summed E-state index contributed by atoms with van der Waals surface area (Å²) in [6.07, 6.45) is 11.1. The van der Waals surface area contributed by atoms with Gasteiger partial charge in [-0.05, 0) is 31.7 Å². The summed E-state index contributed by atoms with van der Waals surface area (Å²) in [5.41, 5.74) is 5.24. The molecule has 0 aromatic heterocycles. The summed E-state index contributed by atoms with van der Waals surface area (Å²) in [4.78, 5) is 4.32. The van der Waals surface area contributed by atoms with Gasteiger partial charge in [0.25, 0.3) is 0 Å². The summed E-state index contributed by atoms with van der Waals surface area (Å²) in [5, 5.41) is 10.2. The van der Waals surface area contributed by atoms with Gasteiger partial charge in [0.1, 0.15) is 0 Å². The first-order valence-electron chi connectivity index (χ1n) is 7.89. The van der Waals surface area contributed by atoms with Crippen molar-refractivity contribution in [3.05, 3.63) is 12.3 Å². The van der Waals surface area contributed by atoms with E-state index in [1.807, 2.05) is 13.0 Å². The standard InChI is InChI=1S/C16H28N2O2/c1-16(14(19)7-9-17)8-10-18-15(11-16)20-12-13-5-3-2-4-6-13/h8,10,13-14,19H,2-7,9,11-12,17H2,1H3. The first kappa shape index (κ1) is 15.5. The van der Waals surface area contributed by atoms with E-state index in [1.165, 1.54) is 32.1 Å². The van der Waals surface area contributed by atoms with E-state index in [1.54, 1.807) is 6.20 Å². The van der Waals surface area contributed by atoms with Gasteiger partial charge in [0.15, 0.2) is 5.90 Å². The van der Waals surface area contributed by atoms with Gasteiger partial charge < -0.3 is 15.6 Å². The van der Waals surface area contributed by atoms with E-state index < -0.39 is 6.10 Å². The fourth-order valence-electron chi connectivity index (χ4n) is 3.09. The number of aliphatic hydroxyl groups excluding tert-OH is 1. The van der Waals surface area contributed by atoms with Gasteiger partial charge in [-0.2, -0.15) is 0 Å². The highest BCUT2D eigenvalue weighted by Crippen LogP contribution is 2.33. The maximum absolute atomic E-state index is 10.2. The Bertz CT molecular complexity index is 361. The smallest absolute Gasteiger partial charge is 0.188 e. The Hall–Kier alpha value is -0.870. The van der Waals surface area contributed by atoms with Gasteiger partial charge in [0, 0.05) is 18.0 Å². The largest absolute Gasteiger partial charge is 0.480 e. The van der Waals surface area contributed by atoms with Crippen molar-refractivity contribution in [2.24, 2.45) is 22.1 Å². The van der Waals surface area contributed by atoms with E-state index in [2.05, 4.69) is 4.99 Å². The third kappa shape index (κ3) is 4.06. The third-order valence-electron chi connectivity index (χ3n) is 4.62. The summed E-state index contributed by atoms with van der Waals surface area (Å²) >= 11 is 0. The van der Waals surface area contributed by atoms with Crippen molar-refractivity contribution in [3.63, 3.8) is 0 Å². The van der Waals surface area contributed by atoms with E-state index in [0.29, 0.717) is 25.3 Å². The Balaban J connectivity index is 1.83. The molecule has 3 N–H and O–H groups in total. The lowest BCUT2D eigenvalue weighted by Gasteiger charge is -2.33.